The minimum atomic E-state index is 0.679. The van der Waals surface area contributed by atoms with Gasteiger partial charge >= 0.3 is 0 Å². The molecule has 2 aliphatic heterocycles. The fraction of sp³-hybridized carbons (Fsp3) is 0.571. The van der Waals surface area contributed by atoms with Crippen molar-refractivity contribution in [2.24, 2.45) is 0 Å². The fourth-order valence-corrected chi connectivity index (χ4v) is 2.99. The summed E-state index contributed by atoms with van der Waals surface area (Å²) in [5.41, 5.74) is 0.679. The summed E-state index contributed by atoms with van der Waals surface area (Å²) in [6, 6.07) is 6.59. The number of piperazine rings is 1. The van der Waals surface area contributed by atoms with Crippen LogP contribution in [0, 0.1) is 11.3 Å². The lowest BCUT2D eigenvalue weighted by Gasteiger charge is -2.38. The molecule has 5 nitrogen and oxygen atoms in total. The summed E-state index contributed by atoms with van der Waals surface area (Å²) >= 11 is 0. The van der Waals surface area contributed by atoms with Crippen molar-refractivity contribution in [3.63, 3.8) is 0 Å². The fourth-order valence-electron chi connectivity index (χ4n) is 2.99. The first-order chi connectivity index (χ1) is 9.38. The second kappa shape index (κ2) is 5.55. The summed E-state index contributed by atoms with van der Waals surface area (Å²) in [6.07, 6.45) is 3.02. The minimum Gasteiger partial charge on any atom is -0.353 e. The highest BCUT2D eigenvalue weighted by Gasteiger charge is 2.27. The summed E-state index contributed by atoms with van der Waals surface area (Å²) in [6.45, 7) is 6.31. The molecule has 19 heavy (non-hydrogen) atoms. The van der Waals surface area contributed by atoms with Crippen LogP contribution >= 0.6 is 0 Å². The van der Waals surface area contributed by atoms with E-state index in [1.165, 1.54) is 6.42 Å². The molecule has 0 radical (unpaired) electrons. The standard InChI is InChI=1S/C14H19N5/c15-10-12-2-1-4-17-14(12)19-8-6-18(7-9-19)13-3-5-16-11-13/h1-2,4,13,16H,3,5-9,11H2/t13-/m0/s1. The predicted molar refractivity (Wildman–Crippen MR) is 74.0 cm³/mol. The molecule has 2 aliphatic rings. The summed E-state index contributed by atoms with van der Waals surface area (Å²) in [5.74, 6) is 0.842. The molecular weight excluding hydrogens is 238 g/mol. The maximum absolute atomic E-state index is 9.14. The van der Waals surface area contributed by atoms with Crippen molar-refractivity contribution >= 4 is 5.82 Å². The van der Waals surface area contributed by atoms with Gasteiger partial charge in [0, 0.05) is 45.0 Å². The van der Waals surface area contributed by atoms with Gasteiger partial charge in [0.1, 0.15) is 11.9 Å². The van der Waals surface area contributed by atoms with Crippen LogP contribution in [0.5, 0.6) is 0 Å². The molecule has 3 rings (SSSR count). The first-order valence-corrected chi connectivity index (χ1v) is 6.93. The summed E-state index contributed by atoms with van der Waals surface area (Å²) in [7, 11) is 0. The normalized spacial score (nSPS) is 24.4. The largest absolute Gasteiger partial charge is 0.353 e. The van der Waals surface area contributed by atoms with Gasteiger partial charge in [0.15, 0.2) is 0 Å². The van der Waals surface area contributed by atoms with Gasteiger partial charge in [-0.3, -0.25) is 4.90 Å². The third kappa shape index (κ3) is 2.55. The van der Waals surface area contributed by atoms with Crippen LogP contribution < -0.4 is 10.2 Å². The van der Waals surface area contributed by atoms with E-state index in [1.807, 2.05) is 12.1 Å². The molecule has 1 aromatic rings. The molecule has 0 spiro atoms. The van der Waals surface area contributed by atoms with Crippen LogP contribution in [0.1, 0.15) is 12.0 Å². The Morgan fingerprint density at radius 3 is 2.84 bits per heavy atom. The first-order valence-electron chi connectivity index (χ1n) is 6.93. The van der Waals surface area contributed by atoms with E-state index in [1.54, 1.807) is 6.20 Å². The van der Waals surface area contributed by atoms with Crippen molar-refractivity contribution < 1.29 is 0 Å². The lowest BCUT2D eigenvalue weighted by Crippen LogP contribution is -2.51. The molecule has 0 saturated carbocycles. The van der Waals surface area contributed by atoms with E-state index in [4.69, 9.17) is 5.26 Å². The van der Waals surface area contributed by atoms with Gasteiger partial charge in [-0.25, -0.2) is 4.98 Å². The van der Waals surface area contributed by atoms with Gasteiger partial charge in [-0.15, -0.1) is 0 Å². The predicted octanol–water partition coefficient (Wildman–Crippen LogP) is 0.437. The van der Waals surface area contributed by atoms with E-state index < -0.39 is 0 Å². The molecule has 0 aromatic carbocycles. The Labute approximate surface area is 113 Å². The van der Waals surface area contributed by atoms with Crippen LogP contribution in [0.4, 0.5) is 5.82 Å². The van der Waals surface area contributed by atoms with Gasteiger partial charge in [0.05, 0.1) is 5.56 Å². The topological polar surface area (TPSA) is 55.2 Å². The Hall–Kier alpha value is -1.64. The zero-order valence-corrected chi connectivity index (χ0v) is 11.0. The molecule has 3 heterocycles. The highest BCUT2D eigenvalue weighted by Crippen LogP contribution is 2.19. The van der Waals surface area contributed by atoms with Crippen molar-refractivity contribution in [3.05, 3.63) is 23.9 Å². The molecule has 1 N–H and O–H groups in total. The average molecular weight is 257 g/mol. The Balaban J connectivity index is 1.65. The Bertz CT molecular complexity index is 467. The van der Waals surface area contributed by atoms with Crippen molar-refractivity contribution in [3.8, 4) is 6.07 Å². The Morgan fingerprint density at radius 2 is 2.16 bits per heavy atom. The Morgan fingerprint density at radius 1 is 1.32 bits per heavy atom. The number of anilines is 1. The smallest absolute Gasteiger partial charge is 0.146 e. The number of hydrogen-bond acceptors (Lipinski definition) is 5. The molecule has 0 aliphatic carbocycles. The van der Waals surface area contributed by atoms with E-state index in [0.29, 0.717) is 11.6 Å². The van der Waals surface area contributed by atoms with Crippen molar-refractivity contribution in [1.29, 1.82) is 5.26 Å². The number of nitrogens with one attached hydrogen (secondary N) is 1. The van der Waals surface area contributed by atoms with Crippen molar-refractivity contribution in [1.82, 2.24) is 15.2 Å². The SMILES string of the molecule is N#Cc1cccnc1N1CCN([C@H]2CCNC2)CC1. The molecule has 2 saturated heterocycles. The highest BCUT2D eigenvalue weighted by molar-refractivity contribution is 5.53. The minimum absolute atomic E-state index is 0.679. The van der Waals surface area contributed by atoms with E-state index in [-0.39, 0.29) is 0 Å². The zero-order chi connectivity index (χ0) is 13.1. The quantitative estimate of drug-likeness (QED) is 0.833. The molecule has 1 atom stereocenters. The third-order valence-corrected chi connectivity index (χ3v) is 4.07. The number of hydrogen-bond donors (Lipinski definition) is 1. The van der Waals surface area contributed by atoms with Crippen LogP contribution in [0.25, 0.3) is 0 Å². The van der Waals surface area contributed by atoms with Crippen LogP contribution in [0.2, 0.25) is 0 Å². The molecule has 0 unspecified atom stereocenters. The summed E-state index contributed by atoms with van der Waals surface area (Å²) in [4.78, 5) is 9.16. The van der Waals surface area contributed by atoms with Gasteiger partial charge < -0.3 is 10.2 Å². The number of pyridine rings is 1. The van der Waals surface area contributed by atoms with E-state index in [9.17, 15) is 0 Å². The Kier molecular flexibility index (Phi) is 3.62. The third-order valence-electron chi connectivity index (χ3n) is 4.07. The van der Waals surface area contributed by atoms with Crippen LogP contribution in [-0.4, -0.2) is 55.2 Å². The number of rotatable bonds is 2. The van der Waals surface area contributed by atoms with Gasteiger partial charge in [-0.1, -0.05) is 0 Å². The maximum Gasteiger partial charge on any atom is 0.146 e. The zero-order valence-electron chi connectivity index (χ0n) is 11.0. The monoisotopic (exact) mass is 257 g/mol. The molecule has 1 aromatic heterocycles. The number of aromatic nitrogens is 1. The van der Waals surface area contributed by atoms with Gasteiger partial charge in [-0.2, -0.15) is 5.26 Å². The lowest BCUT2D eigenvalue weighted by molar-refractivity contribution is 0.196. The summed E-state index contributed by atoms with van der Waals surface area (Å²) < 4.78 is 0. The number of nitriles is 1. The molecular formula is C14H19N5. The van der Waals surface area contributed by atoms with E-state index >= 15 is 0 Å². The summed E-state index contributed by atoms with van der Waals surface area (Å²) in [5, 5.41) is 12.6. The molecule has 0 amide bonds. The lowest BCUT2D eigenvalue weighted by atomic mass is 10.1. The van der Waals surface area contributed by atoms with Gasteiger partial charge in [0.2, 0.25) is 0 Å². The molecule has 100 valence electrons. The highest BCUT2D eigenvalue weighted by atomic mass is 15.3. The average Bonchev–Trinajstić information content (AvgIpc) is 3.02. The molecule has 5 heteroatoms. The van der Waals surface area contributed by atoms with Crippen molar-refractivity contribution in [2.75, 3.05) is 44.2 Å². The number of nitrogens with zero attached hydrogens (tertiary/aromatic N) is 4. The molecule has 0 bridgehead atoms. The first kappa shape index (κ1) is 12.4. The van der Waals surface area contributed by atoms with Gasteiger partial charge in [0.25, 0.3) is 0 Å². The van der Waals surface area contributed by atoms with Crippen LogP contribution in [-0.2, 0) is 0 Å². The maximum atomic E-state index is 9.14. The van der Waals surface area contributed by atoms with Crippen molar-refractivity contribution in [2.45, 2.75) is 12.5 Å². The van der Waals surface area contributed by atoms with Gasteiger partial charge in [-0.05, 0) is 25.1 Å². The molecule has 2 fully saturated rings. The second-order valence-electron chi connectivity index (χ2n) is 5.16. The second-order valence-corrected chi connectivity index (χ2v) is 5.16. The van der Waals surface area contributed by atoms with E-state index in [2.05, 4.69) is 26.2 Å². The van der Waals surface area contributed by atoms with Crippen LogP contribution in [0.15, 0.2) is 18.3 Å². The van der Waals surface area contributed by atoms with E-state index in [0.717, 1.165) is 45.1 Å². The van der Waals surface area contributed by atoms with Crippen LogP contribution in [0.3, 0.4) is 0 Å².